The second-order valence-corrected chi connectivity index (χ2v) is 6.46. The molecule has 0 saturated heterocycles. The smallest absolute Gasteiger partial charge is 0.141 e. The summed E-state index contributed by atoms with van der Waals surface area (Å²) in [5.74, 6) is 0. The van der Waals surface area contributed by atoms with E-state index in [1.165, 1.54) is 16.8 Å². The molecule has 0 amide bonds. The summed E-state index contributed by atoms with van der Waals surface area (Å²) in [6.07, 6.45) is 2.48. The van der Waals surface area contributed by atoms with Crippen LogP contribution in [0.25, 0.3) is 21.3 Å². The molecule has 2 aromatic heterocycles. The minimum Gasteiger partial charge on any atom is -0.225 e. The SMILES string of the molecule is CCc1sc2ncnc(Cl)c2c1-c1ccc(Br)cc1. The Balaban J connectivity index is 2.35. The van der Waals surface area contributed by atoms with Crippen LogP contribution in [-0.4, -0.2) is 9.97 Å². The van der Waals surface area contributed by atoms with Gasteiger partial charge in [0.2, 0.25) is 0 Å². The van der Waals surface area contributed by atoms with Crippen LogP contribution in [-0.2, 0) is 6.42 Å². The Bertz CT molecular complexity index is 737. The van der Waals surface area contributed by atoms with Crippen molar-refractivity contribution in [2.75, 3.05) is 0 Å². The first-order valence-electron chi connectivity index (χ1n) is 5.88. The molecule has 0 atom stereocenters. The summed E-state index contributed by atoms with van der Waals surface area (Å²) >= 11 is 11.4. The van der Waals surface area contributed by atoms with Gasteiger partial charge >= 0.3 is 0 Å². The van der Waals surface area contributed by atoms with E-state index in [9.17, 15) is 0 Å². The number of rotatable bonds is 2. The number of thiophene rings is 1. The highest BCUT2D eigenvalue weighted by Crippen LogP contribution is 2.40. The predicted molar refractivity (Wildman–Crippen MR) is 84.9 cm³/mol. The third-order valence-corrected chi connectivity index (χ3v) is 5.03. The van der Waals surface area contributed by atoms with Crippen LogP contribution in [0, 0.1) is 0 Å². The van der Waals surface area contributed by atoms with Crippen molar-refractivity contribution in [3.8, 4) is 11.1 Å². The number of fused-ring (bicyclic) bond motifs is 1. The van der Waals surface area contributed by atoms with Crippen LogP contribution < -0.4 is 0 Å². The fraction of sp³-hybridized carbons (Fsp3) is 0.143. The summed E-state index contributed by atoms with van der Waals surface area (Å²) in [6.45, 7) is 2.15. The van der Waals surface area contributed by atoms with Gasteiger partial charge in [-0.3, -0.25) is 0 Å². The second-order valence-electron chi connectivity index (χ2n) is 4.11. The van der Waals surface area contributed by atoms with Gasteiger partial charge in [0.15, 0.2) is 0 Å². The Kier molecular flexibility index (Phi) is 3.56. The zero-order valence-electron chi connectivity index (χ0n) is 10.2. The highest BCUT2D eigenvalue weighted by atomic mass is 79.9. The van der Waals surface area contributed by atoms with Gasteiger partial charge in [-0.15, -0.1) is 11.3 Å². The monoisotopic (exact) mass is 352 g/mol. The Labute approximate surface area is 128 Å². The number of aromatic nitrogens is 2. The van der Waals surface area contributed by atoms with Crippen molar-refractivity contribution in [3.63, 3.8) is 0 Å². The van der Waals surface area contributed by atoms with Crippen molar-refractivity contribution in [2.24, 2.45) is 0 Å². The minimum absolute atomic E-state index is 0.527. The molecule has 96 valence electrons. The number of aryl methyl sites for hydroxylation is 1. The number of hydrogen-bond donors (Lipinski definition) is 0. The Morgan fingerprint density at radius 3 is 2.63 bits per heavy atom. The van der Waals surface area contributed by atoms with Gasteiger partial charge in [-0.05, 0) is 24.1 Å². The lowest BCUT2D eigenvalue weighted by atomic mass is 10.0. The Morgan fingerprint density at radius 2 is 1.95 bits per heavy atom. The van der Waals surface area contributed by atoms with Crippen molar-refractivity contribution in [1.29, 1.82) is 0 Å². The molecule has 0 aliphatic rings. The van der Waals surface area contributed by atoms with Crippen molar-refractivity contribution >= 4 is 49.1 Å². The molecule has 19 heavy (non-hydrogen) atoms. The molecule has 1 aromatic carbocycles. The molecule has 0 aliphatic heterocycles. The molecule has 0 radical (unpaired) electrons. The van der Waals surface area contributed by atoms with E-state index >= 15 is 0 Å². The number of halogens is 2. The van der Waals surface area contributed by atoms with E-state index in [4.69, 9.17) is 11.6 Å². The summed E-state index contributed by atoms with van der Waals surface area (Å²) in [4.78, 5) is 10.7. The average molecular weight is 354 g/mol. The van der Waals surface area contributed by atoms with Crippen molar-refractivity contribution < 1.29 is 0 Å². The molecule has 0 aliphatic carbocycles. The molecule has 0 N–H and O–H groups in total. The summed E-state index contributed by atoms with van der Waals surface area (Å²) in [5, 5.41) is 1.49. The third kappa shape index (κ3) is 2.29. The standard InChI is InChI=1S/C14H10BrClN2S/c1-2-10-11(8-3-5-9(15)6-4-8)12-13(16)17-7-18-14(12)19-10/h3-7H,2H2,1H3. The molecule has 0 unspecified atom stereocenters. The van der Waals surface area contributed by atoms with Crippen molar-refractivity contribution in [2.45, 2.75) is 13.3 Å². The lowest BCUT2D eigenvalue weighted by Gasteiger charge is -2.04. The number of benzene rings is 1. The maximum Gasteiger partial charge on any atom is 0.141 e. The first kappa shape index (κ1) is 13.0. The maximum atomic E-state index is 6.26. The van der Waals surface area contributed by atoms with Gasteiger partial charge in [-0.2, -0.15) is 0 Å². The van der Waals surface area contributed by atoms with E-state index in [2.05, 4.69) is 45.0 Å². The van der Waals surface area contributed by atoms with E-state index in [-0.39, 0.29) is 0 Å². The van der Waals surface area contributed by atoms with Gasteiger partial charge < -0.3 is 0 Å². The van der Waals surface area contributed by atoms with Gasteiger partial charge in [-0.25, -0.2) is 9.97 Å². The fourth-order valence-electron chi connectivity index (χ4n) is 2.11. The summed E-state index contributed by atoms with van der Waals surface area (Å²) in [7, 11) is 0. The van der Waals surface area contributed by atoms with Crippen LogP contribution >= 0.6 is 38.9 Å². The quantitative estimate of drug-likeness (QED) is 0.581. The van der Waals surface area contributed by atoms with Gasteiger partial charge in [0, 0.05) is 14.9 Å². The predicted octanol–water partition coefficient (Wildman–Crippen LogP) is 5.34. The largest absolute Gasteiger partial charge is 0.225 e. The molecule has 3 rings (SSSR count). The molecular weight excluding hydrogens is 344 g/mol. The molecule has 3 aromatic rings. The molecule has 2 nitrogen and oxygen atoms in total. The zero-order valence-corrected chi connectivity index (χ0v) is 13.3. The lowest BCUT2D eigenvalue weighted by Crippen LogP contribution is -1.84. The molecule has 5 heteroatoms. The molecule has 0 bridgehead atoms. The van der Waals surface area contributed by atoms with Crippen molar-refractivity contribution in [3.05, 3.63) is 45.1 Å². The van der Waals surface area contributed by atoms with E-state index < -0.39 is 0 Å². The summed E-state index contributed by atoms with van der Waals surface area (Å²) in [5.41, 5.74) is 2.32. The van der Waals surface area contributed by atoms with Crippen molar-refractivity contribution in [1.82, 2.24) is 9.97 Å². The average Bonchev–Trinajstić information content (AvgIpc) is 2.80. The fourth-order valence-corrected chi connectivity index (χ4v) is 3.76. The summed E-state index contributed by atoms with van der Waals surface area (Å²) < 4.78 is 1.07. The minimum atomic E-state index is 0.527. The highest BCUT2D eigenvalue weighted by Gasteiger charge is 2.16. The third-order valence-electron chi connectivity index (χ3n) is 2.97. The van der Waals surface area contributed by atoms with Crippen LogP contribution in [0.2, 0.25) is 5.15 Å². The Hall–Kier alpha value is -0.970. The lowest BCUT2D eigenvalue weighted by molar-refractivity contribution is 1.19. The van der Waals surface area contributed by atoms with Gasteiger partial charge in [0.05, 0.1) is 5.39 Å². The van der Waals surface area contributed by atoms with E-state index in [1.54, 1.807) is 11.3 Å². The number of hydrogen-bond acceptors (Lipinski definition) is 3. The molecule has 0 spiro atoms. The first-order chi connectivity index (χ1) is 9.20. The normalized spacial score (nSPS) is 11.1. The molecule has 0 saturated carbocycles. The highest BCUT2D eigenvalue weighted by molar-refractivity contribution is 9.10. The summed E-state index contributed by atoms with van der Waals surface area (Å²) in [6, 6.07) is 8.26. The van der Waals surface area contributed by atoms with E-state index in [0.717, 1.165) is 26.7 Å². The number of nitrogens with zero attached hydrogens (tertiary/aromatic N) is 2. The van der Waals surface area contributed by atoms with Gasteiger partial charge in [0.1, 0.15) is 16.3 Å². The van der Waals surface area contributed by atoms with Crippen LogP contribution in [0.1, 0.15) is 11.8 Å². The van der Waals surface area contributed by atoms with Gasteiger partial charge in [0.25, 0.3) is 0 Å². The van der Waals surface area contributed by atoms with E-state index in [1.807, 2.05) is 12.1 Å². The topological polar surface area (TPSA) is 25.8 Å². The van der Waals surface area contributed by atoms with Crippen LogP contribution in [0.15, 0.2) is 35.1 Å². The molecular formula is C14H10BrClN2S. The van der Waals surface area contributed by atoms with E-state index in [0.29, 0.717) is 5.15 Å². The maximum absolute atomic E-state index is 6.26. The van der Waals surface area contributed by atoms with Gasteiger partial charge in [-0.1, -0.05) is 46.6 Å². The molecule has 0 fully saturated rings. The van der Waals surface area contributed by atoms with Crippen LogP contribution in [0.3, 0.4) is 0 Å². The Morgan fingerprint density at radius 1 is 1.21 bits per heavy atom. The van der Waals surface area contributed by atoms with Crippen LogP contribution in [0.4, 0.5) is 0 Å². The molecule has 2 heterocycles. The van der Waals surface area contributed by atoms with Crippen LogP contribution in [0.5, 0.6) is 0 Å². The zero-order chi connectivity index (χ0) is 13.4. The first-order valence-corrected chi connectivity index (χ1v) is 7.87. The second kappa shape index (κ2) is 5.19.